The maximum atomic E-state index is 4.29. The molecule has 16 heavy (non-hydrogen) atoms. The molecule has 0 fully saturated rings. The van der Waals surface area contributed by atoms with E-state index in [-0.39, 0.29) is 0 Å². The average molecular weight is 349 g/mol. The van der Waals surface area contributed by atoms with Crippen molar-refractivity contribution in [1.82, 2.24) is 24.5 Å². The summed E-state index contributed by atoms with van der Waals surface area (Å²) in [5.74, 6) is 0.895. The van der Waals surface area contributed by atoms with E-state index in [1.807, 2.05) is 15.4 Å². The summed E-state index contributed by atoms with van der Waals surface area (Å²) < 4.78 is 5.43. The Kier molecular flexibility index (Phi) is 3.44. The Hall–Kier alpha value is -0.690. The van der Waals surface area contributed by atoms with E-state index in [0.717, 1.165) is 15.0 Å². The van der Waals surface area contributed by atoms with Crippen LogP contribution in [0.5, 0.6) is 0 Å². The first-order valence-electron chi connectivity index (χ1n) is 4.85. The van der Waals surface area contributed by atoms with Crippen LogP contribution in [0.2, 0.25) is 0 Å². The maximum Gasteiger partial charge on any atom is 0.148 e. The van der Waals surface area contributed by atoms with E-state index in [1.54, 1.807) is 6.33 Å². The molecule has 0 saturated carbocycles. The summed E-state index contributed by atoms with van der Waals surface area (Å²) in [6.45, 7) is 4.75. The van der Waals surface area contributed by atoms with Crippen LogP contribution in [0.4, 0.5) is 0 Å². The van der Waals surface area contributed by atoms with Crippen molar-refractivity contribution in [3.8, 4) is 0 Å². The van der Waals surface area contributed by atoms with Gasteiger partial charge in [0.15, 0.2) is 0 Å². The van der Waals surface area contributed by atoms with E-state index in [9.17, 15) is 0 Å². The number of rotatable bonds is 3. The highest BCUT2D eigenvalue weighted by Crippen LogP contribution is 2.17. The molecule has 86 valence electrons. The van der Waals surface area contributed by atoms with Gasteiger partial charge < -0.3 is 0 Å². The summed E-state index contributed by atoms with van der Waals surface area (Å²) >= 11 is 6.77. The van der Waals surface area contributed by atoms with E-state index < -0.39 is 0 Å². The molecule has 5 nitrogen and oxygen atoms in total. The zero-order chi connectivity index (χ0) is 11.7. The van der Waals surface area contributed by atoms with E-state index >= 15 is 0 Å². The molecule has 0 aliphatic carbocycles. The van der Waals surface area contributed by atoms with Crippen LogP contribution in [0, 0.1) is 0 Å². The Bertz CT molecular complexity index is 488. The lowest BCUT2D eigenvalue weighted by molar-refractivity contribution is 0.486. The molecule has 0 bridgehead atoms. The van der Waals surface area contributed by atoms with Crippen LogP contribution in [0.3, 0.4) is 0 Å². The molecule has 2 aromatic rings. The highest BCUT2D eigenvalue weighted by molar-refractivity contribution is 9.11. The molecule has 0 aliphatic rings. The molecule has 0 saturated heterocycles. The first-order valence-corrected chi connectivity index (χ1v) is 6.43. The van der Waals surface area contributed by atoms with Crippen molar-refractivity contribution in [3.05, 3.63) is 27.4 Å². The monoisotopic (exact) mass is 347 g/mol. The van der Waals surface area contributed by atoms with Crippen LogP contribution in [0.25, 0.3) is 0 Å². The highest BCUT2D eigenvalue weighted by Gasteiger charge is 2.10. The van der Waals surface area contributed by atoms with Crippen LogP contribution >= 0.6 is 31.9 Å². The minimum Gasteiger partial charge on any atom is -0.250 e. The maximum absolute atomic E-state index is 4.29. The van der Waals surface area contributed by atoms with Crippen molar-refractivity contribution >= 4 is 31.9 Å². The smallest absolute Gasteiger partial charge is 0.148 e. The summed E-state index contributed by atoms with van der Waals surface area (Å²) in [6, 6.07) is 2.20. The number of hydrogen-bond acceptors (Lipinski definition) is 3. The van der Waals surface area contributed by atoms with Crippen LogP contribution in [0.15, 0.2) is 21.6 Å². The lowest BCUT2D eigenvalue weighted by Gasteiger charge is -2.09. The van der Waals surface area contributed by atoms with Gasteiger partial charge in [-0.1, -0.05) is 0 Å². The van der Waals surface area contributed by atoms with Gasteiger partial charge in [-0.15, -0.1) is 0 Å². The average Bonchev–Trinajstić information content (AvgIpc) is 2.75. The zero-order valence-corrected chi connectivity index (χ0v) is 12.1. The Morgan fingerprint density at radius 2 is 2.12 bits per heavy atom. The number of aromatic nitrogens is 5. The second kappa shape index (κ2) is 4.67. The number of nitrogens with zero attached hydrogens (tertiary/aromatic N) is 5. The number of hydrogen-bond donors (Lipinski definition) is 0. The Morgan fingerprint density at radius 1 is 1.38 bits per heavy atom. The first kappa shape index (κ1) is 11.8. The van der Waals surface area contributed by atoms with Crippen molar-refractivity contribution in [2.45, 2.75) is 26.4 Å². The van der Waals surface area contributed by atoms with Gasteiger partial charge in [0.2, 0.25) is 0 Å². The lowest BCUT2D eigenvalue weighted by Crippen LogP contribution is -2.12. The molecular formula is C9H11Br2N5. The lowest BCUT2D eigenvalue weighted by atomic mass is 10.4. The molecule has 2 aromatic heterocycles. The van der Waals surface area contributed by atoms with Crippen molar-refractivity contribution in [3.63, 3.8) is 0 Å². The van der Waals surface area contributed by atoms with Crippen molar-refractivity contribution in [2.24, 2.45) is 0 Å². The van der Waals surface area contributed by atoms with Gasteiger partial charge in [0.25, 0.3) is 0 Å². The zero-order valence-electron chi connectivity index (χ0n) is 8.93. The topological polar surface area (TPSA) is 48.5 Å². The van der Waals surface area contributed by atoms with Gasteiger partial charge in [-0.2, -0.15) is 10.2 Å². The Labute approximate surface area is 110 Å². The van der Waals surface area contributed by atoms with Crippen LogP contribution in [-0.4, -0.2) is 24.5 Å². The molecule has 0 radical (unpaired) electrons. The normalized spacial score (nSPS) is 11.3. The molecule has 0 aromatic carbocycles. The molecular weight excluding hydrogens is 338 g/mol. The van der Waals surface area contributed by atoms with Gasteiger partial charge >= 0.3 is 0 Å². The second-order valence-electron chi connectivity index (χ2n) is 3.66. The third-order valence-electron chi connectivity index (χ3n) is 2.13. The predicted molar refractivity (Wildman–Crippen MR) is 67.1 cm³/mol. The molecule has 2 heterocycles. The van der Waals surface area contributed by atoms with Crippen LogP contribution in [0.1, 0.15) is 25.7 Å². The second-order valence-corrected chi connectivity index (χ2v) is 5.29. The molecule has 2 rings (SSSR count). The van der Waals surface area contributed by atoms with Crippen molar-refractivity contribution in [2.75, 3.05) is 0 Å². The van der Waals surface area contributed by atoms with Crippen molar-refractivity contribution < 1.29 is 0 Å². The Balaban J connectivity index is 2.27. The molecule has 0 atom stereocenters. The molecule has 0 N–H and O–H groups in total. The highest BCUT2D eigenvalue weighted by atomic mass is 79.9. The first-order chi connectivity index (χ1) is 7.58. The standard InChI is InChI=1S/C9H11Br2N5/c1-6(2)16-9(12-5-13-16)4-15-8(11)3-7(10)14-15/h3,5-6H,4H2,1-2H3. The minimum atomic E-state index is 0.301. The van der Waals surface area contributed by atoms with E-state index in [0.29, 0.717) is 12.6 Å². The SMILES string of the molecule is CC(C)n1ncnc1Cn1nc(Br)cc1Br. The quantitative estimate of drug-likeness (QED) is 0.856. The number of halogens is 2. The summed E-state index contributed by atoms with van der Waals surface area (Å²) in [5, 5.41) is 8.48. The summed E-state index contributed by atoms with van der Waals surface area (Å²) in [7, 11) is 0. The molecule has 0 spiro atoms. The predicted octanol–water partition coefficient (Wildman–Crippen LogP) is 2.63. The third-order valence-corrected chi connectivity index (χ3v) is 3.15. The van der Waals surface area contributed by atoms with Gasteiger partial charge in [-0.25, -0.2) is 14.3 Å². The summed E-state index contributed by atoms with van der Waals surface area (Å²) in [5.41, 5.74) is 0. The van der Waals surface area contributed by atoms with Gasteiger partial charge in [-0.3, -0.25) is 0 Å². The fourth-order valence-corrected chi connectivity index (χ4v) is 2.57. The van der Waals surface area contributed by atoms with E-state index in [2.05, 4.69) is 60.9 Å². The van der Waals surface area contributed by atoms with Gasteiger partial charge in [0.05, 0.1) is 0 Å². The summed E-state index contributed by atoms with van der Waals surface area (Å²) in [6.07, 6.45) is 1.57. The summed E-state index contributed by atoms with van der Waals surface area (Å²) in [4.78, 5) is 4.24. The fraction of sp³-hybridized carbons (Fsp3) is 0.444. The van der Waals surface area contributed by atoms with Gasteiger partial charge in [-0.05, 0) is 45.7 Å². The fourth-order valence-electron chi connectivity index (χ4n) is 1.43. The Morgan fingerprint density at radius 3 is 2.69 bits per heavy atom. The molecule has 0 amide bonds. The third kappa shape index (κ3) is 2.35. The molecule has 0 aliphatic heterocycles. The van der Waals surface area contributed by atoms with Crippen LogP contribution in [-0.2, 0) is 6.54 Å². The van der Waals surface area contributed by atoms with Crippen molar-refractivity contribution in [1.29, 1.82) is 0 Å². The van der Waals surface area contributed by atoms with Crippen LogP contribution < -0.4 is 0 Å². The molecule has 0 unspecified atom stereocenters. The minimum absolute atomic E-state index is 0.301. The van der Waals surface area contributed by atoms with E-state index in [4.69, 9.17) is 0 Å². The largest absolute Gasteiger partial charge is 0.250 e. The van der Waals surface area contributed by atoms with E-state index in [1.165, 1.54) is 0 Å². The van der Waals surface area contributed by atoms with Gasteiger partial charge in [0.1, 0.15) is 27.9 Å². The van der Waals surface area contributed by atoms with Gasteiger partial charge in [0, 0.05) is 12.1 Å². The molecule has 7 heteroatoms.